The lowest BCUT2D eigenvalue weighted by Crippen LogP contribution is -2.60. The van der Waals surface area contributed by atoms with E-state index in [1.807, 2.05) is 0 Å². The quantitative estimate of drug-likeness (QED) is 0.488. The fourth-order valence-electron chi connectivity index (χ4n) is 10.5. The smallest absolute Gasteiger partial charge is 0.221 e. The standard InChI is InChI=1S/C29H45NO3/c1-17-8-13-29(30(16-17)19(3)31)18(2)26-25(33-29)15-24-22-7-6-20-14-21(32)9-11-27(20,4)23(22)10-12-28(24,26)5/h6,17-18,21-26,32H,7-16H2,1-5H3/t17-,18+,21+,22-,23+,24+,25+,26?,27+,28+,29-/m1/s1. The predicted molar refractivity (Wildman–Crippen MR) is 129 cm³/mol. The lowest BCUT2D eigenvalue weighted by atomic mass is 9.47. The minimum Gasteiger partial charge on any atom is -0.393 e. The van der Waals surface area contributed by atoms with Gasteiger partial charge in [0.1, 0.15) is 5.72 Å². The van der Waals surface area contributed by atoms with Crippen LogP contribution in [0, 0.1) is 46.3 Å². The molecule has 2 saturated heterocycles. The van der Waals surface area contributed by atoms with E-state index in [-0.39, 0.29) is 17.7 Å². The molecular weight excluding hydrogens is 410 g/mol. The molecule has 1 unspecified atom stereocenters. The summed E-state index contributed by atoms with van der Waals surface area (Å²) in [5.41, 5.74) is 1.79. The summed E-state index contributed by atoms with van der Waals surface area (Å²) < 4.78 is 7.09. The number of likely N-dealkylation sites (tertiary alicyclic amines) is 1. The molecule has 0 aromatic rings. The second-order valence-electron chi connectivity index (χ2n) is 13.5. The van der Waals surface area contributed by atoms with Gasteiger partial charge in [0.05, 0.1) is 12.2 Å². The van der Waals surface area contributed by atoms with Crippen molar-refractivity contribution in [2.45, 2.75) is 110 Å². The Morgan fingerprint density at radius 2 is 1.91 bits per heavy atom. The molecule has 33 heavy (non-hydrogen) atoms. The molecule has 0 aromatic carbocycles. The van der Waals surface area contributed by atoms with Crippen molar-refractivity contribution in [2.24, 2.45) is 46.3 Å². The van der Waals surface area contributed by atoms with Crippen molar-refractivity contribution < 1.29 is 14.6 Å². The zero-order chi connectivity index (χ0) is 23.3. The van der Waals surface area contributed by atoms with E-state index in [0.29, 0.717) is 34.7 Å². The van der Waals surface area contributed by atoms with Crippen LogP contribution in [0.2, 0.25) is 0 Å². The van der Waals surface area contributed by atoms with Crippen LogP contribution in [0.25, 0.3) is 0 Å². The summed E-state index contributed by atoms with van der Waals surface area (Å²) in [5.74, 6) is 3.95. The van der Waals surface area contributed by atoms with Crippen molar-refractivity contribution in [1.82, 2.24) is 4.90 Å². The Bertz CT molecular complexity index is 869. The normalized spacial score (nSPS) is 55.5. The fraction of sp³-hybridized carbons (Fsp3) is 0.897. The highest BCUT2D eigenvalue weighted by Gasteiger charge is 2.69. The van der Waals surface area contributed by atoms with E-state index in [9.17, 15) is 9.90 Å². The number of fused-ring (bicyclic) bond motifs is 7. The molecule has 4 heteroatoms. The van der Waals surface area contributed by atoms with Gasteiger partial charge in [-0.2, -0.15) is 0 Å². The molecule has 4 aliphatic carbocycles. The third-order valence-corrected chi connectivity index (χ3v) is 12.1. The fourth-order valence-corrected chi connectivity index (χ4v) is 10.5. The van der Waals surface area contributed by atoms with E-state index < -0.39 is 0 Å². The first-order chi connectivity index (χ1) is 15.6. The number of piperidine rings is 1. The maximum absolute atomic E-state index is 12.7. The molecule has 6 aliphatic rings. The summed E-state index contributed by atoms with van der Waals surface area (Å²) in [5, 5.41) is 10.3. The van der Waals surface area contributed by atoms with Crippen LogP contribution in [0.3, 0.4) is 0 Å². The van der Waals surface area contributed by atoms with Crippen LogP contribution >= 0.6 is 0 Å². The average Bonchev–Trinajstić information content (AvgIpc) is 3.21. The largest absolute Gasteiger partial charge is 0.393 e. The third-order valence-electron chi connectivity index (χ3n) is 12.1. The number of rotatable bonds is 0. The van der Waals surface area contributed by atoms with Gasteiger partial charge in [0.25, 0.3) is 0 Å². The summed E-state index contributed by atoms with van der Waals surface area (Å²) in [6, 6.07) is 0. The molecule has 1 N–H and O–H groups in total. The summed E-state index contributed by atoms with van der Waals surface area (Å²) in [4.78, 5) is 14.9. The van der Waals surface area contributed by atoms with Crippen LogP contribution in [0.4, 0.5) is 0 Å². The summed E-state index contributed by atoms with van der Waals surface area (Å²) >= 11 is 0. The SMILES string of the molecule is CC(=O)N1C[C@H](C)CC[C@]12O[C@H]1C[C@H]3[C@@H]4CC=C5C[C@@H](O)CC[C@]5(C)[C@H]4CC[C@]3(C)C1[C@@H]2C. The number of hydrogen-bond acceptors (Lipinski definition) is 3. The predicted octanol–water partition coefficient (Wildman–Crippen LogP) is 5.55. The number of aliphatic hydroxyl groups excluding tert-OH is 1. The third kappa shape index (κ3) is 2.92. The van der Waals surface area contributed by atoms with Gasteiger partial charge in [-0.15, -0.1) is 0 Å². The summed E-state index contributed by atoms with van der Waals surface area (Å²) in [6.07, 6.45) is 12.9. The Morgan fingerprint density at radius 3 is 2.67 bits per heavy atom. The minimum atomic E-state index is -0.371. The lowest BCUT2D eigenvalue weighted by molar-refractivity contribution is -0.200. The van der Waals surface area contributed by atoms with Crippen molar-refractivity contribution in [1.29, 1.82) is 0 Å². The van der Waals surface area contributed by atoms with Crippen LogP contribution in [0.5, 0.6) is 0 Å². The van der Waals surface area contributed by atoms with E-state index in [4.69, 9.17) is 4.74 Å². The number of hydrogen-bond donors (Lipinski definition) is 1. The molecular formula is C29H45NO3. The van der Waals surface area contributed by atoms with Crippen molar-refractivity contribution in [3.05, 3.63) is 11.6 Å². The number of carbonyl (C=O) groups excluding carboxylic acids is 1. The van der Waals surface area contributed by atoms with Gasteiger partial charge >= 0.3 is 0 Å². The molecule has 0 radical (unpaired) electrons. The van der Waals surface area contributed by atoms with Crippen LogP contribution < -0.4 is 0 Å². The number of allylic oxidation sites excluding steroid dienone is 1. The van der Waals surface area contributed by atoms with Crippen molar-refractivity contribution in [2.75, 3.05) is 6.54 Å². The maximum atomic E-state index is 12.7. The molecule has 2 heterocycles. The highest BCUT2D eigenvalue weighted by molar-refractivity contribution is 5.74. The van der Waals surface area contributed by atoms with E-state index in [2.05, 4.69) is 38.7 Å². The Kier molecular flexibility index (Phi) is 5.01. The van der Waals surface area contributed by atoms with Crippen LogP contribution in [-0.2, 0) is 9.53 Å². The van der Waals surface area contributed by atoms with Gasteiger partial charge < -0.3 is 14.7 Å². The highest BCUT2D eigenvalue weighted by atomic mass is 16.5. The Labute approximate surface area is 200 Å². The van der Waals surface area contributed by atoms with Crippen molar-refractivity contribution in [3.8, 4) is 0 Å². The molecule has 3 saturated carbocycles. The molecule has 1 spiro atoms. The Morgan fingerprint density at radius 1 is 1.12 bits per heavy atom. The van der Waals surface area contributed by atoms with Crippen molar-refractivity contribution >= 4 is 5.91 Å². The van der Waals surface area contributed by atoms with Crippen LogP contribution in [0.15, 0.2) is 11.6 Å². The summed E-state index contributed by atoms with van der Waals surface area (Å²) in [7, 11) is 0. The van der Waals surface area contributed by atoms with Gasteiger partial charge in [-0.3, -0.25) is 4.79 Å². The molecule has 4 nitrogen and oxygen atoms in total. The first kappa shape index (κ1) is 22.6. The Hall–Kier alpha value is -0.870. The number of ether oxygens (including phenoxy) is 1. The first-order valence-electron chi connectivity index (χ1n) is 13.9. The van der Waals surface area contributed by atoms with E-state index in [0.717, 1.165) is 56.4 Å². The van der Waals surface area contributed by atoms with Gasteiger partial charge in [0.2, 0.25) is 5.91 Å². The van der Waals surface area contributed by atoms with Gasteiger partial charge in [-0.25, -0.2) is 0 Å². The number of nitrogens with zero attached hydrogens (tertiary/aromatic N) is 1. The first-order valence-corrected chi connectivity index (χ1v) is 13.9. The molecule has 0 bridgehead atoms. The molecule has 2 aliphatic heterocycles. The topological polar surface area (TPSA) is 49.8 Å². The highest BCUT2D eigenvalue weighted by Crippen LogP contribution is 2.70. The summed E-state index contributed by atoms with van der Waals surface area (Å²) in [6.45, 7) is 12.4. The minimum absolute atomic E-state index is 0.131. The van der Waals surface area contributed by atoms with E-state index in [1.54, 1.807) is 12.5 Å². The van der Waals surface area contributed by atoms with Gasteiger partial charge in [0.15, 0.2) is 0 Å². The second kappa shape index (κ2) is 7.32. The average molecular weight is 456 g/mol. The van der Waals surface area contributed by atoms with Crippen LogP contribution in [0.1, 0.15) is 92.4 Å². The number of amides is 1. The van der Waals surface area contributed by atoms with Crippen LogP contribution in [-0.4, -0.2) is 40.4 Å². The van der Waals surface area contributed by atoms with Gasteiger partial charge in [-0.05, 0) is 98.2 Å². The lowest BCUT2D eigenvalue weighted by Gasteiger charge is -2.59. The number of aliphatic hydroxyl groups is 1. The van der Waals surface area contributed by atoms with Crippen molar-refractivity contribution in [3.63, 3.8) is 0 Å². The zero-order valence-corrected chi connectivity index (χ0v) is 21.5. The van der Waals surface area contributed by atoms with E-state index in [1.165, 1.54) is 25.7 Å². The molecule has 11 atom stereocenters. The van der Waals surface area contributed by atoms with Gasteiger partial charge in [0, 0.05) is 19.4 Å². The molecule has 184 valence electrons. The zero-order valence-electron chi connectivity index (χ0n) is 21.5. The monoisotopic (exact) mass is 455 g/mol. The molecule has 0 aromatic heterocycles. The maximum Gasteiger partial charge on any atom is 0.221 e. The molecule has 5 fully saturated rings. The number of carbonyl (C=O) groups is 1. The molecule has 6 rings (SSSR count). The van der Waals surface area contributed by atoms with E-state index >= 15 is 0 Å². The van der Waals surface area contributed by atoms with Gasteiger partial charge in [-0.1, -0.05) is 39.3 Å². The molecule has 1 amide bonds. The Balaban J connectivity index is 1.30. The second-order valence-corrected chi connectivity index (χ2v) is 13.5.